The predicted octanol–water partition coefficient (Wildman–Crippen LogP) is 3.90. The van der Waals surface area contributed by atoms with E-state index in [4.69, 9.17) is 15.2 Å². The quantitative estimate of drug-likeness (QED) is 0.853. The fraction of sp³-hybridized carbons (Fsp3) is 0.429. The number of aromatic nitrogens is 1. The molecule has 2 heterocycles. The van der Waals surface area contributed by atoms with Gasteiger partial charge in [0.1, 0.15) is 17.5 Å². The van der Waals surface area contributed by atoms with Gasteiger partial charge in [-0.2, -0.15) is 5.26 Å². The minimum atomic E-state index is -0.221. The summed E-state index contributed by atoms with van der Waals surface area (Å²) in [5, 5.41) is 19.6. The highest BCUT2D eigenvalue weighted by Gasteiger charge is 2.32. The summed E-state index contributed by atoms with van der Waals surface area (Å²) >= 11 is 0. The van der Waals surface area contributed by atoms with Crippen LogP contribution in [0.25, 0.3) is 11.1 Å². The van der Waals surface area contributed by atoms with Crippen molar-refractivity contribution in [2.75, 3.05) is 19.5 Å². The van der Waals surface area contributed by atoms with E-state index in [1.165, 1.54) is 7.11 Å². The molecule has 0 aliphatic carbocycles. The van der Waals surface area contributed by atoms with Gasteiger partial charge in [0.25, 0.3) is 0 Å². The molecule has 2 aromatic rings. The van der Waals surface area contributed by atoms with Crippen molar-refractivity contribution in [3.63, 3.8) is 0 Å². The molecule has 1 aliphatic heterocycles. The van der Waals surface area contributed by atoms with Gasteiger partial charge in [-0.1, -0.05) is 6.07 Å². The van der Waals surface area contributed by atoms with Crippen LogP contribution in [0.2, 0.25) is 0 Å². The van der Waals surface area contributed by atoms with Crippen molar-refractivity contribution in [1.29, 1.82) is 5.26 Å². The lowest BCUT2D eigenvalue weighted by molar-refractivity contribution is -0.0598. The monoisotopic (exact) mass is 367 g/mol. The first-order valence-corrected chi connectivity index (χ1v) is 8.99. The second-order valence-electron chi connectivity index (χ2n) is 7.55. The number of anilines is 1. The smallest absolute Gasteiger partial charge is 0.161 e. The molecule has 1 unspecified atom stereocenters. The Labute approximate surface area is 159 Å². The third-order valence-corrected chi connectivity index (χ3v) is 5.17. The van der Waals surface area contributed by atoms with Gasteiger partial charge in [-0.05, 0) is 56.9 Å². The number of nitrogen functional groups attached to an aromatic ring is 1. The Bertz CT molecular complexity index is 916. The van der Waals surface area contributed by atoms with E-state index in [-0.39, 0.29) is 23.1 Å². The molecule has 6 heteroatoms. The number of methoxy groups -OCH3 is 1. The van der Waals surface area contributed by atoms with Crippen LogP contribution >= 0.6 is 0 Å². The number of nitrogens with zero attached hydrogens (tertiary/aromatic N) is 2. The summed E-state index contributed by atoms with van der Waals surface area (Å²) < 4.78 is 11.1. The zero-order valence-electron chi connectivity index (χ0n) is 16.2. The average molecular weight is 367 g/mol. The summed E-state index contributed by atoms with van der Waals surface area (Å²) in [7, 11) is 1.49. The molecule has 3 N–H and O–H groups in total. The highest BCUT2D eigenvalue weighted by Crippen LogP contribution is 2.42. The molecule has 27 heavy (non-hydrogen) atoms. The Balaban J connectivity index is 2.19. The van der Waals surface area contributed by atoms with Gasteiger partial charge in [-0.15, -0.1) is 0 Å². The lowest BCUT2D eigenvalue weighted by Gasteiger charge is -2.36. The zero-order chi connectivity index (χ0) is 19.8. The largest absolute Gasteiger partial charge is 0.504 e. The van der Waals surface area contributed by atoms with Crippen LogP contribution in [0.15, 0.2) is 18.2 Å². The van der Waals surface area contributed by atoms with Gasteiger partial charge in [0.2, 0.25) is 0 Å². The van der Waals surface area contributed by atoms with Crippen molar-refractivity contribution in [2.24, 2.45) is 0 Å². The SMILES string of the molecule is COc1cc(-c2c(C)c(C3CCOC(C)(C)C3)nc(N)c2C#N)ccc1O. The minimum Gasteiger partial charge on any atom is -0.504 e. The van der Waals surface area contributed by atoms with Gasteiger partial charge in [-0.25, -0.2) is 4.98 Å². The fourth-order valence-corrected chi connectivity index (χ4v) is 3.88. The van der Waals surface area contributed by atoms with E-state index >= 15 is 0 Å². The second kappa shape index (κ2) is 7.09. The molecule has 1 aromatic heterocycles. The number of ether oxygens (including phenoxy) is 2. The topological polar surface area (TPSA) is 101 Å². The van der Waals surface area contributed by atoms with E-state index in [9.17, 15) is 10.4 Å². The molecule has 1 fully saturated rings. The number of hydrogen-bond acceptors (Lipinski definition) is 6. The predicted molar refractivity (Wildman–Crippen MR) is 104 cm³/mol. The maximum Gasteiger partial charge on any atom is 0.161 e. The van der Waals surface area contributed by atoms with E-state index in [2.05, 4.69) is 24.9 Å². The van der Waals surface area contributed by atoms with Crippen LogP contribution in [0.4, 0.5) is 5.82 Å². The number of phenolic OH excluding ortho intramolecular Hbond substituents is 1. The summed E-state index contributed by atoms with van der Waals surface area (Å²) in [5.74, 6) is 0.830. The first kappa shape index (κ1) is 19.0. The second-order valence-corrected chi connectivity index (χ2v) is 7.55. The van der Waals surface area contributed by atoms with Gasteiger partial charge in [0, 0.05) is 23.8 Å². The highest BCUT2D eigenvalue weighted by molar-refractivity contribution is 5.80. The zero-order valence-corrected chi connectivity index (χ0v) is 16.2. The normalized spacial score (nSPS) is 18.7. The summed E-state index contributed by atoms with van der Waals surface area (Å²) in [4.78, 5) is 4.60. The van der Waals surface area contributed by atoms with Crippen LogP contribution in [-0.2, 0) is 4.74 Å². The Hall–Kier alpha value is -2.78. The molecule has 1 saturated heterocycles. The van der Waals surface area contributed by atoms with Crippen molar-refractivity contribution in [3.8, 4) is 28.7 Å². The van der Waals surface area contributed by atoms with Crippen LogP contribution in [0, 0.1) is 18.3 Å². The van der Waals surface area contributed by atoms with Gasteiger partial charge >= 0.3 is 0 Å². The van der Waals surface area contributed by atoms with Crippen LogP contribution < -0.4 is 10.5 Å². The molecule has 0 radical (unpaired) electrons. The average Bonchev–Trinajstić information content (AvgIpc) is 2.62. The standard InChI is InChI=1S/C21H25N3O3/c1-12-18(13-5-6-16(25)17(9-13)26-4)15(11-22)20(23)24-19(12)14-7-8-27-21(2,3)10-14/h5-6,9,14,25H,7-8,10H2,1-4H3,(H2,23,24). The van der Waals surface area contributed by atoms with Gasteiger partial charge < -0.3 is 20.3 Å². The maximum absolute atomic E-state index is 9.91. The van der Waals surface area contributed by atoms with Crippen LogP contribution in [0.1, 0.15) is 49.4 Å². The van der Waals surface area contributed by atoms with Gasteiger partial charge in [-0.3, -0.25) is 0 Å². The maximum atomic E-state index is 9.91. The summed E-state index contributed by atoms with van der Waals surface area (Å²) in [5.41, 5.74) is 9.63. The van der Waals surface area contributed by atoms with E-state index < -0.39 is 0 Å². The number of aromatic hydroxyl groups is 1. The minimum absolute atomic E-state index is 0.0471. The van der Waals surface area contributed by atoms with Crippen molar-refractivity contribution >= 4 is 5.82 Å². The molecule has 6 nitrogen and oxygen atoms in total. The highest BCUT2D eigenvalue weighted by atomic mass is 16.5. The number of benzene rings is 1. The number of hydrogen-bond donors (Lipinski definition) is 2. The Morgan fingerprint density at radius 3 is 2.78 bits per heavy atom. The fourth-order valence-electron chi connectivity index (χ4n) is 3.88. The Kier molecular flexibility index (Phi) is 4.99. The number of phenols is 1. The number of nitriles is 1. The molecular weight excluding hydrogens is 342 g/mol. The summed E-state index contributed by atoms with van der Waals surface area (Å²) in [6.07, 6.45) is 1.70. The number of pyridine rings is 1. The molecule has 0 saturated carbocycles. The molecule has 142 valence electrons. The van der Waals surface area contributed by atoms with Crippen LogP contribution in [0.5, 0.6) is 11.5 Å². The van der Waals surface area contributed by atoms with Crippen molar-refractivity contribution in [2.45, 2.75) is 45.1 Å². The molecule has 0 spiro atoms. The van der Waals surface area contributed by atoms with Crippen molar-refractivity contribution in [3.05, 3.63) is 35.0 Å². The summed E-state index contributed by atoms with van der Waals surface area (Å²) in [6.45, 7) is 6.79. The first-order valence-electron chi connectivity index (χ1n) is 8.99. The first-order chi connectivity index (χ1) is 12.8. The van der Waals surface area contributed by atoms with Gasteiger partial charge in [0.15, 0.2) is 11.5 Å². The lowest BCUT2D eigenvalue weighted by atomic mass is 9.82. The van der Waals surface area contributed by atoms with Gasteiger partial charge in [0.05, 0.1) is 12.7 Å². The van der Waals surface area contributed by atoms with E-state index in [0.29, 0.717) is 17.9 Å². The third-order valence-electron chi connectivity index (χ3n) is 5.17. The molecule has 0 amide bonds. The molecule has 1 aromatic carbocycles. The lowest BCUT2D eigenvalue weighted by Crippen LogP contribution is -2.33. The third kappa shape index (κ3) is 3.56. The molecule has 1 atom stereocenters. The summed E-state index contributed by atoms with van der Waals surface area (Å²) in [6, 6.07) is 7.22. The van der Waals surface area contributed by atoms with Crippen LogP contribution in [0.3, 0.4) is 0 Å². The van der Waals surface area contributed by atoms with E-state index in [1.54, 1.807) is 18.2 Å². The molecule has 3 rings (SSSR count). The Morgan fingerprint density at radius 1 is 1.41 bits per heavy atom. The van der Waals surface area contributed by atoms with E-state index in [1.807, 2.05) is 6.92 Å². The van der Waals surface area contributed by atoms with Crippen molar-refractivity contribution in [1.82, 2.24) is 4.98 Å². The molecule has 1 aliphatic rings. The molecular formula is C21H25N3O3. The Morgan fingerprint density at radius 2 is 2.15 bits per heavy atom. The van der Waals surface area contributed by atoms with E-state index in [0.717, 1.165) is 35.2 Å². The number of rotatable bonds is 3. The van der Waals surface area contributed by atoms with Crippen molar-refractivity contribution < 1.29 is 14.6 Å². The van der Waals surface area contributed by atoms with Crippen LogP contribution in [-0.4, -0.2) is 29.4 Å². The molecule has 0 bridgehead atoms. The number of nitrogens with two attached hydrogens (primary N) is 1.